The van der Waals surface area contributed by atoms with E-state index in [2.05, 4.69) is 15.0 Å². The van der Waals surface area contributed by atoms with Crippen LogP contribution in [0.3, 0.4) is 0 Å². The lowest BCUT2D eigenvalue weighted by Crippen LogP contribution is -2.14. The highest BCUT2D eigenvalue weighted by atomic mass is 35.5. The molecular weight excluding hydrogens is 709 g/mol. The number of nitrogens with zero attached hydrogens (tertiary/aromatic N) is 3. The monoisotopic (exact) mass is 720 g/mol. The topological polar surface area (TPSA) is 121 Å². The molecule has 8 nitrogen and oxygen atoms in total. The first kappa shape index (κ1) is 33.2. The SMILES string of the molecule is O=C(c1ccc(C(F)(F)F)cc1O)c1[nH]c(Cl)c(Cl)c1-n1c(C(=O)c2ccc(C(F)(F)F)cc2O)cc(Cl)c1Sc1ncccn1. The summed E-state index contributed by atoms with van der Waals surface area (Å²) in [6.45, 7) is 0. The van der Waals surface area contributed by atoms with E-state index in [1.165, 1.54) is 18.5 Å². The highest BCUT2D eigenvalue weighted by Gasteiger charge is 2.35. The quantitative estimate of drug-likeness (QED) is 0.0875. The van der Waals surface area contributed by atoms with Crippen molar-refractivity contribution in [2.45, 2.75) is 22.5 Å². The number of carbonyl (C=O) groups is 2. The summed E-state index contributed by atoms with van der Waals surface area (Å²) in [6.07, 6.45) is -6.91. The van der Waals surface area contributed by atoms with Gasteiger partial charge in [-0.2, -0.15) is 26.3 Å². The Balaban J connectivity index is 1.74. The zero-order valence-electron chi connectivity index (χ0n) is 22.1. The molecule has 238 valence electrons. The normalized spacial score (nSPS) is 12.0. The molecule has 0 fully saturated rings. The number of phenols is 2. The first-order valence-corrected chi connectivity index (χ1v) is 14.3. The molecule has 3 heterocycles. The molecule has 3 aromatic heterocycles. The van der Waals surface area contributed by atoms with Crippen molar-refractivity contribution < 1.29 is 46.1 Å². The molecule has 0 bridgehead atoms. The minimum atomic E-state index is -4.84. The van der Waals surface area contributed by atoms with Crippen LogP contribution in [0.15, 0.2) is 71.1 Å². The van der Waals surface area contributed by atoms with Crippen molar-refractivity contribution in [2.75, 3.05) is 0 Å². The molecule has 0 aliphatic carbocycles. The third kappa shape index (κ3) is 6.27. The van der Waals surface area contributed by atoms with E-state index in [0.717, 1.165) is 34.5 Å². The number of phenolic OH excluding ortho intramolecular Hbond substituents is 2. The number of nitrogens with one attached hydrogen (secondary N) is 1. The van der Waals surface area contributed by atoms with Gasteiger partial charge in [-0.15, -0.1) is 0 Å². The molecule has 3 N–H and O–H groups in total. The second-order valence-electron chi connectivity index (χ2n) is 9.25. The predicted octanol–water partition coefficient (Wildman–Crippen LogP) is 8.62. The van der Waals surface area contributed by atoms with Crippen LogP contribution in [0.25, 0.3) is 5.69 Å². The molecule has 2 aromatic carbocycles. The summed E-state index contributed by atoms with van der Waals surface area (Å²) in [5.41, 5.74) is -5.04. The van der Waals surface area contributed by atoms with Crippen molar-refractivity contribution >= 4 is 58.1 Å². The molecule has 0 spiro atoms. The Hall–Kier alpha value is -4.18. The van der Waals surface area contributed by atoms with E-state index < -0.39 is 74.1 Å². The number of hydrogen-bond acceptors (Lipinski definition) is 7. The van der Waals surface area contributed by atoms with Gasteiger partial charge in [-0.25, -0.2) is 9.97 Å². The Morgan fingerprint density at radius 2 is 1.33 bits per heavy atom. The van der Waals surface area contributed by atoms with E-state index in [9.17, 15) is 46.1 Å². The number of hydrogen-bond donors (Lipinski definition) is 3. The van der Waals surface area contributed by atoms with Gasteiger partial charge in [0.15, 0.2) is 5.16 Å². The Labute approximate surface area is 272 Å². The molecule has 5 rings (SSSR count). The minimum Gasteiger partial charge on any atom is -0.507 e. The Morgan fingerprint density at radius 1 is 0.804 bits per heavy atom. The molecule has 0 unspecified atom stereocenters. The van der Waals surface area contributed by atoms with Crippen molar-refractivity contribution in [3.63, 3.8) is 0 Å². The van der Waals surface area contributed by atoms with Gasteiger partial charge in [0, 0.05) is 12.4 Å². The fraction of sp³-hybridized carbons (Fsp3) is 0.0714. The molecule has 0 aliphatic rings. The average Bonchev–Trinajstić information content (AvgIpc) is 3.46. The first-order chi connectivity index (χ1) is 21.5. The van der Waals surface area contributed by atoms with Crippen molar-refractivity contribution in [3.8, 4) is 17.2 Å². The fourth-order valence-corrected chi connectivity index (χ4v) is 5.81. The second-order valence-corrected chi connectivity index (χ2v) is 11.4. The Morgan fingerprint density at radius 3 is 1.83 bits per heavy atom. The van der Waals surface area contributed by atoms with Gasteiger partial charge in [0.25, 0.3) is 0 Å². The molecule has 0 amide bonds. The van der Waals surface area contributed by atoms with Crippen molar-refractivity contribution in [1.29, 1.82) is 0 Å². The Kier molecular flexibility index (Phi) is 8.81. The molecule has 0 saturated heterocycles. The zero-order chi connectivity index (χ0) is 33.7. The largest absolute Gasteiger partial charge is 0.507 e. The lowest BCUT2D eigenvalue weighted by atomic mass is 10.0. The van der Waals surface area contributed by atoms with Crippen LogP contribution < -0.4 is 0 Å². The maximum Gasteiger partial charge on any atom is 0.416 e. The van der Waals surface area contributed by atoms with E-state index in [-0.39, 0.29) is 26.0 Å². The van der Waals surface area contributed by atoms with Crippen molar-refractivity contribution in [3.05, 3.63) is 110 Å². The number of aromatic amines is 1. The number of H-pyrrole nitrogens is 1. The first-order valence-electron chi connectivity index (χ1n) is 12.3. The number of halogens is 9. The van der Waals surface area contributed by atoms with E-state index in [1.807, 2.05) is 0 Å². The number of aromatic hydroxyl groups is 2. The third-order valence-corrected chi connectivity index (χ3v) is 8.47. The summed E-state index contributed by atoms with van der Waals surface area (Å²) >= 11 is 20.0. The summed E-state index contributed by atoms with van der Waals surface area (Å²) in [4.78, 5) is 38.1. The van der Waals surface area contributed by atoms with Gasteiger partial charge in [-0.1, -0.05) is 34.8 Å². The van der Waals surface area contributed by atoms with Gasteiger partial charge in [0.2, 0.25) is 11.6 Å². The van der Waals surface area contributed by atoms with Crippen LogP contribution >= 0.6 is 46.6 Å². The summed E-state index contributed by atoms with van der Waals surface area (Å²) in [5.74, 6) is -4.29. The van der Waals surface area contributed by atoms with Crippen LogP contribution in [-0.4, -0.2) is 41.3 Å². The maximum absolute atomic E-state index is 13.8. The third-order valence-electron chi connectivity index (χ3n) is 6.34. The maximum atomic E-state index is 13.8. The lowest BCUT2D eigenvalue weighted by molar-refractivity contribution is -0.138. The van der Waals surface area contributed by atoms with E-state index in [1.54, 1.807) is 0 Å². The van der Waals surface area contributed by atoms with Crippen LogP contribution in [0.4, 0.5) is 26.3 Å². The van der Waals surface area contributed by atoms with Crippen LogP contribution in [0.1, 0.15) is 43.2 Å². The molecule has 0 radical (unpaired) electrons. The van der Waals surface area contributed by atoms with Crippen molar-refractivity contribution in [1.82, 2.24) is 19.5 Å². The fourth-order valence-electron chi connectivity index (χ4n) is 4.25. The van der Waals surface area contributed by atoms with Crippen LogP contribution in [-0.2, 0) is 12.4 Å². The summed E-state index contributed by atoms with van der Waals surface area (Å²) < 4.78 is 80.2. The molecule has 0 saturated carbocycles. The van der Waals surface area contributed by atoms with Crippen molar-refractivity contribution in [2.24, 2.45) is 0 Å². The predicted molar refractivity (Wildman–Crippen MR) is 154 cm³/mol. The van der Waals surface area contributed by atoms with E-state index in [4.69, 9.17) is 34.8 Å². The second kappa shape index (κ2) is 12.2. The van der Waals surface area contributed by atoms with Gasteiger partial charge in [-0.05, 0) is 60.3 Å². The molecular formula is C28H13Cl3F6N4O4S. The molecule has 46 heavy (non-hydrogen) atoms. The number of rotatable bonds is 7. The van der Waals surface area contributed by atoms with Gasteiger partial charge in [0.1, 0.15) is 32.4 Å². The smallest absolute Gasteiger partial charge is 0.416 e. The van der Waals surface area contributed by atoms with Crippen LogP contribution in [0.2, 0.25) is 15.2 Å². The van der Waals surface area contributed by atoms with Gasteiger partial charge >= 0.3 is 12.4 Å². The van der Waals surface area contributed by atoms with Crippen LogP contribution in [0, 0.1) is 0 Å². The lowest BCUT2D eigenvalue weighted by Gasteiger charge is -2.15. The number of ketones is 2. The summed E-state index contributed by atoms with van der Waals surface area (Å²) in [7, 11) is 0. The van der Waals surface area contributed by atoms with Gasteiger partial charge in [-0.3, -0.25) is 14.2 Å². The highest BCUT2D eigenvalue weighted by Crippen LogP contribution is 2.44. The molecule has 5 aromatic rings. The average molecular weight is 722 g/mol. The number of benzene rings is 2. The Bertz CT molecular complexity index is 2010. The molecule has 0 atom stereocenters. The number of aromatic nitrogens is 4. The van der Waals surface area contributed by atoms with E-state index in [0.29, 0.717) is 24.3 Å². The minimum absolute atomic E-state index is 0.0640. The zero-order valence-corrected chi connectivity index (χ0v) is 25.2. The standard InChI is InChI=1S/C28H13Cl3F6N4O4S/c29-15-10-16(22(44)13-4-2-11(8-17(13)42)27(32,33)34)41(25(15)46-26-38-6-1-7-39-26)21-19(30)24(31)40-20(21)23(45)14-5-3-12(9-18(14)43)28(35,36)37/h1-10,40,42-43H. The summed E-state index contributed by atoms with van der Waals surface area (Å²) in [5, 5.41) is 19.9. The summed E-state index contributed by atoms with van der Waals surface area (Å²) in [6, 6.07) is 5.84. The number of alkyl halides is 6. The molecule has 18 heteroatoms. The van der Waals surface area contributed by atoms with E-state index >= 15 is 0 Å². The van der Waals surface area contributed by atoms with Gasteiger partial charge in [0.05, 0.1) is 38.7 Å². The highest BCUT2D eigenvalue weighted by molar-refractivity contribution is 7.99. The van der Waals surface area contributed by atoms with Gasteiger partial charge < -0.3 is 15.2 Å². The molecule has 0 aliphatic heterocycles. The number of carbonyl (C=O) groups excluding carboxylic acids is 2. The van der Waals surface area contributed by atoms with Crippen LogP contribution in [0.5, 0.6) is 11.5 Å².